The molecule has 152 valence electrons. The minimum Gasteiger partial charge on any atom is -0.336 e. The van der Waals surface area contributed by atoms with E-state index in [1.54, 1.807) is 0 Å². The third-order valence-corrected chi connectivity index (χ3v) is 6.49. The van der Waals surface area contributed by atoms with Gasteiger partial charge in [-0.25, -0.2) is 0 Å². The zero-order chi connectivity index (χ0) is 21.1. The van der Waals surface area contributed by atoms with Crippen LogP contribution in [0.5, 0.6) is 0 Å². The molecule has 1 nitrogen and oxygen atoms in total. The molecule has 0 aromatic heterocycles. The molecule has 3 aromatic carbocycles. The van der Waals surface area contributed by atoms with Gasteiger partial charge in [-0.3, -0.25) is 0 Å². The maximum absolute atomic E-state index is 2.45. The summed E-state index contributed by atoms with van der Waals surface area (Å²) in [6.45, 7) is 13.7. The summed E-state index contributed by atoms with van der Waals surface area (Å²) in [5.74, 6) is 0. The Balaban J connectivity index is 1.92. The lowest BCUT2D eigenvalue weighted by atomic mass is 9.82. The Morgan fingerprint density at radius 1 is 0.586 bits per heavy atom. The lowest BCUT2D eigenvalue weighted by Crippen LogP contribution is -2.40. The van der Waals surface area contributed by atoms with Crippen LogP contribution in [-0.2, 0) is 5.41 Å². The van der Waals surface area contributed by atoms with Crippen LogP contribution in [-0.4, -0.2) is 5.54 Å². The molecule has 1 heteroatoms. The minimum absolute atomic E-state index is 0.0379. The van der Waals surface area contributed by atoms with Gasteiger partial charge in [0.2, 0.25) is 0 Å². The second-order valence-electron chi connectivity index (χ2n) is 9.20. The number of benzene rings is 3. The molecule has 3 rings (SSSR count). The first kappa shape index (κ1) is 21.2. The van der Waals surface area contributed by atoms with Crippen molar-refractivity contribution in [1.29, 1.82) is 0 Å². The van der Waals surface area contributed by atoms with E-state index in [1.165, 1.54) is 28.1 Å². The molecule has 0 N–H and O–H groups in total. The topological polar surface area (TPSA) is 3.24 Å². The van der Waals surface area contributed by atoms with Crippen molar-refractivity contribution in [2.45, 2.75) is 65.3 Å². The van der Waals surface area contributed by atoms with Crippen molar-refractivity contribution in [3.63, 3.8) is 0 Å². The Morgan fingerprint density at radius 3 is 1.55 bits per heavy atom. The second kappa shape index (κ2) is 8.45. The molecular formula is C28H35N. The third-order valence-electron chi connectivity index (χ3n) is 6.49. The summed E-state index contributed by atoms with van der Waals surface area (Å²) in [6, 6.07) is 28.8. The number of hydrogen-bond acceptors (Lipinski definition) is 1. The summed E-state index contributed by atoms with van der Waals surface area (Å²) >= 11 is 0. The average molecular weight is 386 g/mol. The molecule has 3 aromatic rings. The summed E-state index contributed by atoms with van der Waals surface area (Å²) in [5.41, 5.74) is 6.67. The fourth-order valence-electron chi connectivity index (χ4n) is 3.70. The largest absolute Gasteiger partial charge is 0.336 e. The smallest absolute Gasteiger partial charge is 0.0416 e. The highest BCUT2D eigenvalue weighted by atomic mass is 15.2. The van der Waals surface area contributed by atoms with Crippen molar-refractivity contribution in [2.24, 2.45) is 0 Å². The molecule has 0 atom stereocenters. The van der Waals surface area contributed by atoms with E-state index in [2.05, 4.69) is 125 Å². The van der Waals surface area contributed by atoms with Gasteiger partial charge in [-0.1, -0.05) is 82.3 Å². The van der Waals surface area contributed by atoms with Crippen LogP contribution < -0.4 is 4.90 Å². The van der Waals surface area contributed by atoms with E-state index >= 15 is 0 Å². The third kappa shape index (κ3) is 4.56. The van der Waals surface area contributed by atoms with Crippen LogP contribution in [0.25, 0.3) is 11.1 Å². The van der Waals surface area contributed by atoms with Crippen molar-refractivity contribution in [3.8, 4) is 11.1 Å². The van der Waals surface area contributed by atoms with E-state index in [1.807, 2.05) is 0 Å². The van der Waals surface area contributed by atoms with E-state index in [9.17, 15) is 0 Å². The van der Waals surface area contributed by atoms with Crippen molar-refractivity contribution in [3.05, 3.63) is 84.4 Å². The van der Waals surface area contributed by atoms with Gasteiger partial charge in [-0.15, -0.1) is 0 Å². The monoisotopic (exact) mass is 385 g/mol. The van der Waals surface area contributed by atoms with Gasteiger partial charge in [0.1, 0.15) is 0 Å². The van der Waals surface area contributed by atoms with Crippen LogP contribution in [0.4, 0.5) is 11.4 Å². The summed E-state index contributed by atoms with van der Waals surface area (Å²) in [7, 11) is 0. The molecule has 0 radical (unpaired) electrons. The maximum Gasteiger partial charge on any atom is 0.0416 e. The number of hydrogen-bond donors (Lipinski definition) is 0. The van der Waals surface area contributed by atoms with Crippen molar-refractivity contribution >= 4 is 11.4 Å². The Labute approximate surface area is 177 Å². The van der Waals surface area contributed by atoms with Gasteiger partial charge < -0.3 is 4.90 Å². The summed E-state index contributed by atoms with van der Waals surface area (Å²) in [4.78, 5) is 2.45. The number of rotatable bonds is 7. The van der Waals surface area contributed by atoms with Crippen molar-refractivity contribution in [1.82, 2.24) is 0 Å². The Kier molecular flexibility index (Phi) is 6.17. The number of nitrogens with zero attached hydrogens (tertiary/aromatic N) is 1. The first-order chi connectivity index (χ1) is 13.8. The normalized spacial score (nSPS) is 12.1. The Hall–Kier alpha value is -2.54. The van der Waals surface area contributed by atoms with Gasteiger partial charge in [0.15, 0.2) is 0 Å². The summed E-state index contributed by atoms with van der Waals surface area (Å²) in [5, 5.41) is 0. The van der Waals surface area contributed by atoms with E-state index in [4.69, 9.17) is 0 Å². The molecule has 0 aliphatic carbocycles. The van der Waals surface area contributed by atoms with Gasteiger partial charge in [0, 0.05) is 16.9 Å². The number of anilines is 2. The van der Waals surface area contributed by atoms with Gasteiger partial charge in [0.05, 0.1) is 0 Å². The van der Waals surface area contributed by atoms with Crippen LogP contribution in [0.15, 0.2) is 78.9 Å². The van der Waals surface area contributed by atoms with E-state index in [-0.39, 0.29) is 11.0 Å². The lowest BCUT2D eigenvalue weighted by Gasteiger charge is -2.40. The molecule has 0 bridgehead atoms. The highest BCUT2D eigenvalue weighted by molar-refractivity contribution is 5.71. The first-order valence-electron chi connectivity index (χ1n) is 10.8. The molecule has 0 saturated heterocycles. The fraction of sp³-hybridized carbons (Fsp3) is 0.357. The summed E-state index contributed by atoms with van der Waals surface area (Å²) < 4.78 is 0. The highest BCUT2D eigenvalue weighted by Gasteiger charge is 2.26. The molecule has 0 unspecified atom stereocenters. The lowest BCUT2D eigenvalue weighted by molar-refractivity contribution is 0.488. The van der Waals surface area contributed by atoms with Crippen LogP contribution in [0.2, 0.25) is 0 Å². The van der Waals surface area contributed by atoms with Gasteiger partial charge in [0.25, 0.3) is 0 Å². The Bertz CT molecular complexity index is 903. The SMILES string of the molecule is CCC(C)(C)c1ccc(-c2ccc(N(c3ccccc3)C(C)(C)CC)cc2)cc1. The molecule has 0 amide bonds. The quantitative estimate of drug-likeness (QED) is 0.395. The standard InChI is InChI=1S/C28H35N/c1-7-27(3,4)24-18-14-22(15-19-24)23-16-20-26(21-17-23)29(28(5,6)8-2)25-12-10-9-11-13-25/h9-21H,7-8H2,1-6H3. The van der Waals surface area contributed by atoms with Crippen molar-refractivity contribution in [2.75, 3.05) is 4.90 Å². The molecular weight excluding hydrogens is 350 g/mol. The fourth-order valence-corrected chi connectivity index (χ4v) is 3.70. The summed E-state index contributed by atoms with van der Waals surface area (Å²) in [6.07, 6.45) is 2.21. The highest BCUT2D eigenvalue weighted by Crippen LogP contribution is 2.36. The zero-order valence-electron chi connectivity index (χ0n) is 18.9. The van der Waals surface area contributed by atoms with Gasteiger partial charge >= 0.3 is 0 Å². The van der Waals surface area contributed by atoms with Crippen molar-refractivity contribution < 1.29 is 0 Å². The molecule has 0 heterocycles. The van der Waals surface area contributed by atoms with E-state index in [0.29, 0.717) is 0 Å². The van der Waals surface area contributed by atoms with Gasteiger partial charge in [-0.2, -0.15) is 0 Å². The minimum atomic E-state index is 0.0379. The molecule has 0 spiro atoms. The van der Waals surface area contributed by atoms with Crippen LogP contribution in [0.3, 0.4) is 0 Å². The van der Waals surface area contributed by atoms with E-state index in [0.717, 1.165) is 12.8 Å². The zero-order valence-corrected chi connectivity index (χ0v) is 18.9. The molecule has 0 aliphatic heterocycles. The maximum atomic E-state index is 2.45. The van der Waals surface area contributed by atoms with Crippen LogP contribution >= 0.6 is 0 Å². The first-order valence-corrected chi connectivity index (χ1v) is 10.8. The number of para-hydroxylation sites is 1. The Morgan fingerprint density at radius 2 is 1.07 bits per heavy atom. The predicted octanol–water partition coefficient (Wildman–Crippen LogP) is 8.37. The molecule has 0 saturated carbocycles. The average Bonchev–Trinajstić information content (AvgIpc) is 2.75. The molecule has 0 fully saturated rings. The van der Waals surface area contributed by atoms with E-state index < -0.39 is 0 Å². The molecule has 0 aliphatic rings. The van der Waals surface area contributed by atoms with Gasteiger partial charge in [-0.05, 0) is 73.1 Å². The van der Waals surface area contributed by atoms with Crippen LogP contribution in [0.1, 0.15) is 59.9 Å². The molecule has 29 heavy (non-hydrogen) atoms. The second-order valence-corrected chi connectivity index (χ2v) is 9.20. The van der Waals surface area contributed by atoms with Crippen LogP contribution in [0, 0.1) is 0 Å². The predicted molar refractivity (Wildman–Crippen MR) is 128 cm³/mol.